The molecule has 7 nitrogen and oxygen atoms in total. The van der Waals surface area contributed by atoms with E-state index in [1.54, 1.807) is 24.5 Å². The van der Waals surface area contributed by atoms with E-state index in [0.717, 1.165) is 22.9 Å². The van der Waals surface area contributed by atoms with Crippen molar-refractivity contribution >= 4 is 11.6 Å². The van der Waals surface area contributed by atoms with Crippen molar-refractivity contribution in [1.82, 2.24) is 14.8 Å². The Morgan fingerprint density at radius 2 is 2.00 bits per heavy atom. The number of ether oxygens (including phenoxy) is 1. The summed E-state index contributed by atoms with van der Waals surface area (Å²) in [6.45, 7) is -0.494. The van der Waals surface area contributed by atoms with Gasteiger partial charge in [0.25, 0.3) is 5.56 Å². The quantitative estimate of drug-likeness (QED) is 0.707. The maximum absolute atomic E-state index is 12.9. The minimum Gasteiger partial charge on any atom is -0.495 e. The number of rotatable bonds is 5. The Hall–Kier alpha value is -3.69. The summed E-state index contributed by atoms with van der Waals surface area (Å²) in [6, 6.07) is 8.87. The van der Waals surface area contributed by atoms with Gasteiger partial charge < -0.3 is 10.1 Å². The lowest BCUT2D eigenvalue weighted by molar-refractivity contribution is -0.137. The lowest BCUT2D eigenvalue weighted by atomic mass is 10.1. The Kier molecular flexibility index (Phi) is 5.62. The second-order valence-corrected chi connectivity index (χ2v) is 5.92. The molecule has 3 rings (SSSR count). The Labute approximate surface area is 162 Å². The van der Waals surface area contributed by atoms with Gasteiger partial charge in [0.05, 0.1) is 24.1 Å². The third-order valence-corrected chi connectivity index (χ3v) is 3.92. The van der Waals surface area contributed by atoms with Gasteiger partial charge in [0, 0.05) is 24.0 Å². The molecule has 2 aromatic heterocycles. The lowest BCUT2D eigenvalue weighted by Gasteiger charge is -2.14. The zero-order valence-corrected chi connectivity index (χ0v) is 15.1. The van der Waals surface area contributed by atoms with Crippen LogP contribution in [-0.4, -0.2) is 27.8 Å². The molecule has 0 aliphatic carbocycles. The summed E-state index contributed by atoms with van der Waals surface area (Å²) in [6.07, 6.45) is -1.46. The summed E-state index contributed by atoms with van der Waals surface area (Å²) < 4.78 is 44.7. The molecule has 2 heterocycles. The molecule has 0 saturated carbocycles. The molecule has 0 spiro atoms. The van der Waals surface area contributed by atoms with Crippen LogP contribution < -0.4 is 15.6 Å². The smallest absolute Gasteiger partial charge is 0.416 e. The molecule has 0 saturated heterocycles. The van der Waals surface area contributed by atoms with E-state index in [4.69, 9.17) is 4.74 Å². The first-order valence-corrected chi connectivity index (χ1v) is 8.31. The molecule has 29 heavy (non-hydrogen) atoms. The lowest BCUT2D eigenvalue weighted by Crippen LogP contribution is -2.29. The van der Waals surface area contributed by atoms with E-state index in [0.29, 0.717) is 11.3 Å². The van der Waals surface area contributed by atoms with Crippen LogP contribution in [0.1, 0.15) is 5.56 Å². The Balaban J connectivity index is 1.84. The number of benzene rings is 1. The molecular formula is C19H15F3N4O3. The van der Waals surface area contributed by atoms with Crippen LogP contribution in [0, 0.1) is 0 Å². The fourth-order valence-electron chi connectivity index (χ4n) is 2.54. The van der Waals surface area contributed by atoms with Crippen molar-refractivity contribution in [3.63, 3.8) is 0 Å². The third kappa shape index (κ3) is 4.78. The van der Waals surface area contributed by atoms with Crippen LogP contribution in [0.3, 0.4) is 0 Å². The number of carbonyl (C=O) groups excluding carboxylic acids is 1. The number of aromatic nitrogens is 3. The van der Waals surface area contributed by atoms with Crippen molar-refractivity contribution < 1.29 is 22.7 Å². The molecule has 0 radical (unpaired) electrons. The van der Waals surface area contributed by atoms with Crippen molar-refractivity contribution in [2.45, 2.75) is 12.7 Å². The highest BCUT2D eigenvalue weighted by Crippen LogP contribution is 2.34. The van der Waals surface area contributed by atoms with Crippen LogP contribution in [0.15, 0.2) is 59.7 Å². The van der Waals surface area contributed by atoms with Crippen LogP contribution in [0.25, 0.3) is 11.3 Å². The molecule has 1 aromatic carbocycles. The van der Waals surface area contributed by atoms with E-state index in [9.17, 15) is 22.8 Å². The first-order chi connectivity index (χ1) is 13.8. The Morgan fingerprint density at radius 3 is 2.66 bits per heavy atom. The molecule has 0 unspecified atom stereocenters. The number of hydrogen-bond acceptors (Lipinski definition) is 5. The number of alkyl halides is 3. The second kappa shape index (κ2) is 8.13. The number of halogens is 3. The van der Waals surface area contributed by atoms with Crippen molar-refractivity contribution in [3.05, 3.63) is 70.8 Å². The topological polar surface area (TPSA) is 86.1 Å². The van der Waals surface area contributed by atoms with Gasteiger partial charge in [-0.05, 0) is 36.4 Å². The molecule has 0 bridgehead atoms. The number of anilines is 1. The maximum Gasteiger partial charge on any atom is 0.416 e. The first kappa shape index (κ1) is 20.1. The molecule has 0 aliphatic heterocycles. The molecule has 10 heteroatoms. The number of hydrogen-bond donors (Lipinski definition) is 1. The van der Waals surface area contributed by atoms with Gasteiger partial charge in [-0.1, -0.05) is 0 Å². The van der Waals surface area contributed by atoms with Crippen molar-refractivity contribution in [3.8, 4) is 17.0 Å². The Morgan fingerprint density at radius 1 is 1.21 bits per heavy atom. The zero-order valence-electron chi connectivity index (χ0n) is 15.1. The summed E-state index contributed by atoms with van der Waals surface area (Å²) in [5.74, 6) is -0.684. The van der Waals surface area contributed by atoms with Gasteiger partial charge in [-0.25, -0.2) is 4.68 Å². The molecular weight excluding hydrogens is 389 g/mol. The zero-order chi connectivity index (χ0) is 21.0. The highest BCUT2D eigenvalue weighted by Gasteiger charge is 2.31. The monoisotopic (exact) mass is 404 g/mol. The molecule has 0 fully saturated rings. The molecule has 3 aromatic rings. The van der Waals surface area contributed by atoms with Crippen LogP contribution >= 0.6 is 0 Å². The third-order valence-electron chi connectivity index (χ3n) is 3.92. The van der Waals surface area contributed by atoms with Gasteiger partial charge in [0.1, 0.15) is 12.3 Å². The van der Waals surface area contributed by atoms with E-state index >= 15 is 0 Å². The summed E-state index contributed by atoms with van der Waals surface area (Å²) in [5, 5.41) is 6.45. The predicted molar refractivity (Wildman–Crippen MR) is 98.4 cm³/mol. The van der Waals surface area contributed by atoms with Gasteiger partial charge in [-0.3, -0.25) is 14.6 Å². The number of amides is 1. The molecule has 150 valence electrons. The summed E-state index contributed by atoms with van der Waals surface area (Å²) in [5.41, 5.74) is -0.585. The Bertz CT molecular complexity index is 1080. The van der Waals surface area contributed by atoms with Gasteiger partial charge in [0.2, 0.25) is 5.91 Å². The highest BCUT2D eigenvalue weighted by atomic mass is 19.4. The van der Waals surface area contributed by atoms with Crippen molar-refractivity contribution in [2.75, 3.05) is 12.4 Å². The minimum atomic E-state index is -4.58. The van der Waals surface area contributed by atoms with Crippen LogP contribution in [0.5, 0.6) is 5.75 Å². The van der Waals surface area contributed by atoms with Crippen molar-refractivity contribution in [1.29, 1.82) is 0 Å². The van der Waals surface area contributed by atoms with Gasteiger partial charge in [-0.2, -0.15) is 18.3 Å². The number of nitrogens with zero attached hydrogens (tertiary/aromatic N) is 3. The largest absolute Gasteiger partial charge is 0.495 e. The first-order valence-electron chi connectivity index (χ1n) is 8.31. The van der Waals surface area contributed by atoms with Crippen LogP contribution in [0.4, 0.5) is 18.9 Å². The van der Waals surface area contributed by atoms with Gasteiger partial charge >= 0.3 is 6.18 Å². The minimum absolute atomic E-state index is 0.0516. The van der Waals surface area contributed by atoms with E-state index in [1.165, 1.54) is 19.2 Å². The summed E-state index contributed by atoms with van der Waals surface area (Å²) in [7, 11) is 1.27. The molecule has 1 N–H and O–H groups in total. The average molecular weight is 404 g/mol. The predicted octanol–water partition coefficient (Wildman–Crippen LogP) is 2.97. The number of methoxy groups -OCH3 is 1. The maximum atomic E-state index is 12.9. The normalized spacial score (nSPS) is 11.2. The SMILES string of the molecule is COc1ccc(C(F)(F)F)cc1NC(=O)Cn1nc(-c2cccnc2)ccc1=O. The fraction of sp³-hybridized carbons (Fsp3) is 0.158. The second-order valence-electron chi connectivity index (χ2n) is 5.92. The van der Waals surface area contributed by atoms with Gasteiger partial charge in [-0.15, -0.1) is 0 Å². The standard InChI is InChI=1S/C19H15F3N4O3/c1-29-16-6-4-13(19(20,21)22)9-15(16)24-17(27)11-26-18(28)7-5-14(25-26)12-3-2-8-23-10-12/h2-10H,11H2,1H3,(H,24,27). The number of nitrogens with one attached hydrogen (secondary N) is 1. The van der Waals surface area contributed by atoms with E-state index in [1.807, 2.05) is 0 Å². The van der Waals surface area contributed by atoms with Crippen LogP contribution in [-0.2, 0) is 17.5 Å². The molecule has 0 atom stereocenters. The summed E-state index contributed by atoms with van der Waals surface area (Å²) >= 11 is 0. The number of carbonyl (C=O) groups is 1. The van der Waals surface area contributed by atoms with Crippen molar-refractivity contribution in [2.24, 2.45) is 0 Å². The summed E-state index contributed by atoms with van der Waals surface area (Å²) in [4.78, 5) is 28.3. The fourth-order valence-corrected chi connectivity index (χ4v) is 2.54. The molecule has 1 amide bonds. The van der Waals surface area contributed by atoms with Gasteiger partial charge in [0.15, 0.2) is 0 Å². The molecule has 0 aliphatic rings. The van der Waals surface area contributed by atoms with E-state index in [-0.39, 0.29) is 11.4 Å². The van der Waals surface area contributed by atoms with Crippen LogP contribution in [0.2, 0.25) is 0 Å². The number of pyridine rings is 1. The van der Waals surface area contributed by atoms with E-state index in [2.05, 4.69) is 15.4 Å². The van der Waals surface area contributed by atoms with E-state index < -0.39 is 29.8 Å². The average Bonchev–Trinajstić information content (AvgIpc) is 2.69. The highest BCUT2D eigenvalue weighted by molar-refractivity contribution is 5.92.